The molecule has 8 heteroatoms. The quantitative estimate of drug-likeness (QED) is 0.364. The molecule has 0 fully saturated rings. The molecule has 156 valence electrons. The summed E-state index contributed by atoms with van der Waals surface area (Å²) >= 11 is 0. The summed E-state index contributed by atoms with van der Waals surface area (Å²) in [6, 6.07) is 25.9. The molecule has 0 saturated heterocycles. The Kier molecular flexibility index (Phi) is 4.69. The van der Waals surface area contributed by atoms with E-state index in [2.05, 4.69) is 0 Å². The molecule has 3 nitrogen and oxygen atoms in total. The van der Waals surface area contributed by atoms with Gasteiger partial charge in [0.1, 0.15) is 0 Å². The first-order valence-corrected chi connectivity index (χ1v) is 13.1. The summed E-state index contributed by atoms with van der Waals surface area (Å²) in [4.78, 5) is 0. The molecule has 0 bridgehead atoms. The van der Waals surface area contributed by atoms with Crippen LogP contribution in [-0.2, 0) is 14.1 Å². The average Bonchev–Trinajstić information content (AvgIpc) is 3.30. The van der Waals surface area contributed by atoms with E-state index < -0.39 is 22.5 Å². The van der Waals surface area contributed by atoms with Crippen LogP contribution in [0.4, 0.5) is 13.2 Å². The first-order valence-electron chi connectivity index (χ1n) is 9.05. The summed E-state index contributed by atoms with van der Waals surface area (Å²) in [6.07, 6.45) is 0. The minimum absolute atomic E-state index is 0.425. The Morgan fingerprint density at radius 2 is 1.07 bits per heavy atom. The molecular weight excluding hydrogens is 432 g/mol. The summed E-state index contributed by atoms with van der Waals surface area (Å²) in [6.45, 7) is -2.78. The van der Waals surface area contributed by atoms with Gasteiger partial charge in [0.2, 0.25) is 0 Å². The second kappa shape index (κ2) is 6.77. The molecule has 1 aliphatic rings. The van der Waals surface area contributed by atoms with Crippen molar-refractivity contribution in [2.24, 2.45) is 0 Å². The summed E-state index contributed by atoms with van der Waals surface area (Å²) in [5, 5.41) is 1.44. The molecule has 0 spiro atoms. The molecule has 0 amide bonds. The van der Waals surface area contributed by atoms with Gasteiger partial charge in [-0.05, 0) is 0 Å². The molecule has 0 unspecified atom stereocenters. The summed E-state index contributed by atoms with van der Waals surface area (Å²) in [5.74, 6) is 0. The van der Waals surface area contributed by atoms with Gasteiger partial charge in [0, 0.05) is 0 Å². The van der Waals surface area contributed by atoms with Gasteiger partial charge >= 0.3 is 173 Å². The zero-order valence-electron chi connectivity index (χ0n) is 15.9. The summed E-state index contributed by atoms with van der Waals surface area (Å²) < 4.78 is 70.2. The van der Waals surface area contributed by atoms with Crippen LogP contribution in [0.2, 0.25) is 0 Å². The van der Waals surface area contributed by atoms with Crippen molar-refractivity contribution in [3.63, 3.8) is 0 Å². The van der Waals surface area contributed by atoms with Gasteiger partial charge in [-0.15, -0.1) is 0 Å². The van der Waals surface area contributed by atoms with Crippen LogP contribution in [0.1, 0.15) is 11.1 Å². The van der Waals surface area contributed by atoms with Crippen LogP contribution in [0.3, 0.4) is 0 Å². The van der Waals surface area contributed by atoms with E-state index in [1.165, 1.54) is 6.66 Å². The maximum atomic E-state index is 13.4. The zero-order chi connectivity index (χ0) is 21.6. The molecule has 0 radical (unpaired) electrons. The van der Waals surface area contributed by atoms with Crippen LogP contribution in [-0.4, -0.2) is 20.6 Å². The molecule has 0 atom stereocenters. The van der Waals surface area contributed by atoms with Gasteiger partial charge in [0.05, 0.1) is 0 Å². The maximum absolute atomic E-state index is 13.4. The normalized spacial score (nSPS) is 19.0. The second-order valence-electron chi connectivity index (χ2n) is 7.20. The third kappa shape index (κ3) is 3.00. The molecule has 1 aliphatic heterocycles. The van der Waals surface area contributed by atoms with Gasteiger partial charge in [-0.1, -0.05) is 0 Å². The Labute approximate surface area is 173 Å². The Balaban J connectivity index is 2.04. The first-order chi connectivity index (χ1) is 14.1. The van der Waals surface area contributed by atoms with Gasteiger partial charge in [-0.3, -0.25) is 0 Å². The van der Waals surface area contributed by atoms with E-state index in [4.69, 9.17) is 3.97 Å². The van der Waals surface area contributed by atoms with Crippen molar-refractivity contribution in [3.8, 4) is 0 Å². The molecule has 0 saturated carbocycles. The number of hydrogen-bond acceptors (Lipinski definition) is 3. The third-order valence-corrected chi connectivity index (χ3v) is 12.6. The van der Waals surface area contributed by atoms with Crippen LogP contribution in [0.15, 0.2) is 91.0 Å². The zero-order valence-corrected chi connectivity index (χ0v) is 17.6. The number of alkyl halides is 3. The van der Waals surface area contributed by atoms with Gasteiger partial charge in [-0.25, -0.2) is 0 Å². The van der Waals surface area contributed by atoms with E-state index >= 15 is 0 Å². The van der Waals surface area contributed by atoms with Crippen LogP contribution in [0, 0.1) is 0 Å². The Hall–Kier alpha value is -2.47. The van der Waals surface area contributed by atoms with Gasteiger partial charge in [-0.2, -0.15) is 0 Å². The van der Waals surface area contributed by atoms with Gasteiger partial charge in [0.15, 0.2) is 0 Å². The van der Waals surface area contributed by atoms with Crippen LogP contribution in [0.25, 0.3) is 10.6 Å². The fraction of sp³-hybridized carbons (Fsp3) is 0.0909. The van der Waals surface area contributed by atoms with Crippen molar-refractivity contribution >= 4 is 32.9 Å². The van der Waals surface area contributed by atoms with Crippen molar-refractivity contribution in [1.29, 1.82) is 0 Å². The van der Waals surface area contributed by atoms with Gasteiger partial charge in [0.25, 0.3) is 0 Å². The number of halogens is 3. The summed E-state index contributed by atoms with van der Waals surface area (Å²) in [5.41, 5.74) is -4.26. The molecule has 4 rings (SSSR count). The SMILES string of the molecule is CP1(OS(=O)(=O)C(F)(F)F)(c2ccccc2)C(c2ccccc2)=C1c1ccccc1. The Bertz CT molecular complexity index is 1170. The van der Waals surface area contributed by atoms with Crippen molar-refractivity contribution in [1.82, 2.24) is 0 Å². The van der Waals surface area contributed by atoms with E-state index in [0.717, 1.165) is 0 Å². The van der Waals surface area contributed by atoms with Gasteiger partial charge < -0.3 is 0 Å². The third-order valence-electron chi connectivity index (χ3n) is 5.29. The monoisotopic (exact) mass is 450 g/mol. The molecule has 3 aromatic rings. The molecule has 1 heterocycles. The van der Waals surface area contributed by atoms with Crippen LogP contribution >= 0.6 is 6.83 Å². The summed E-state index contributed by atoms with van der Waals surface area (Å²) in [7, 11) is -5.86. The first kappa shape index (κ1) is 20.8. The minimum atomic E-state index is -5.86. The fourth-order valence-electron chi connectivity index (χ4n) is 3.93. The van der Waals surface area contributed by atoms with Crippen molar-refractivity contribution in [2.75, 3.05) is 6.66 Å². The standard InChI is InChI=1S/C22H18F3O3PS/c1-29(19-15-9-4-10-16-19,28-30(26,27)22(23,24)25)20(17-11-5-2-6-12-17)21(29)18-13-7-3-8-14-18/h2-16H,1H3. The van der Waals surface area contributed by atoms with Crippen molar-refractivity contribution in [2.45, 2.75) is 5.51 Å². The van der Waals surface area contributed by atoms with Crippen LogP contribution < -0.4 is 5.30 Å². The topological polar surface area (TPSA) is 43.4 Å². The van der Waals surface area contributed by atoms with E-state index in [1.54, 1.807) is 91.0 Å². The van der Waals surface area contributed by atoms with E-state index in [0.29, 0.717) is 27.1 Å². The molecule has 0 aliphatic carbocycles. The number of rotatable bonds is 5. The molecule has 30 heavy (non-hydrogen) atoms. The Morgan fingerprint density at radius 3 is 1.43 bits per heavy atom. The average molecular weight is 450 g/mol. The fourth-order valence-corrected chi connectivity index (χ4v) is 11.7. The van der Waals surface area contributed by atoms with E-state index in [9.17, 15) is 21.6 Å². The van der Waals surface area contributed by atoms with E-state index in [-0.39, 0.29) is 0 Å². The Morgan fingerprint density at radius 1 is 0.700 bits per heavy atom. The molecular formula is C22H18F3O3PS. The number of benzene rings is 3. The van der Waals surface area contributed by atoms with Crippen molar-refractivity contribution in [3.05, 3.63) is 102 Å². The molecule has 3 aromatic carbocycles. The molecule has 0 aromatic heterocycles. The second-order valence-corrected chi connectivity index (χ2v) is 13.5. The van der Waals surface area contributed by atoms with E-state index in [1.807, 2.05) is 0 Å². The van der Waals surface area contributed by atoms with Crippen molar-refractivity contribution < 1.29 is 25.6 Å². The van der Waals surface area contributed by atoms with Crippen LogP contribution in [0.5, 0.6) is 0 Å². The predicted octanol–water partition coefficient (Wildman–Crippen LogP) is 5.82. The predicted molar refractivity (Wildman–Crippen MR) is 115 cm³/mol. The molecule has 0 N–H and O–H groups in total. The number of hydrogen-bond donors (Lipinski definition) is 0.